The van der Waals surface area contributed by atoms with Gasteiger partial charge < -0.3 is 14.5 Å². The number of rotatable bonds is 5. The molecule has 0 spiro atoms. The predicted octanol–water partition coefficient (Wildman–Crippen LogP) is 3.82. The molecule has 1 aliphatic carbocycles. The molecule has 0 unspecified atom stereocenters. The lowest BCUT2D eigenvalue weighted by Crippen LogP contribution is -2.31. The molecule has 1 atom stereocenters. The fourth-order valence-corrected chi connectivity index (χ4v) is 3.31. The Labute approximate surface area is 150 Å². The Morgan fingerprint density at radius 2 is 2.04 bits per heavy atom. The van der Waals surface area contributed by atoms with Gasteiger partial charge in [-0.3, -0.25) is 9.59 Å². The number of ether oxygens (including phenoxy) is 1. The Bertz CT molecular complexity index is 956. The molecule has 4 rings (SSSR count). The third-order valence-electron chi connectivity index (χ3n) is 4.64. The Morgan fingerprint density at radius 3 is 2.88 bits per heavy atom. The van der Waals surface area contributed by atoms with Gasteiger partial charge >= 0.3 is 0 Å². The molecule has 5 heteroatoms. The summed E-state index contributed by atoms with van der Waals surface area (Å²) in [7, 11) is 0. The Balaban J connectivity index is 1.39. The number of benzene rings is 2. The van der Waals surface area contributed by atoms with Gasteiger partial charge in [-0.25, -0.2) is 0 Å². The van der Waals surface area contributed by atoms with Crippen molar-refractivity contribution in [2.45, 2.75) is 25.8 Å². The molecule has 1 heterocycles. The van der Waals surface area contributed by atoms with Gasteiger partial charge in [0.05, 0.1) is 6.04 Å². The second kappa shape index (κ2) is 6.67. The SMILES string of the molecule is C[C@@H](NC(=O)COc1cccc2c1CCC2=O)c1cc2ccccc2o1. The van der Waals surface area contributed by atoms with E-state index in [2.05, 4.69) is 5.32 Å². The van der Waals surface area contributed by atoms with Crippen LogP contribution in [0, 0.1) is 0 Å². The minimum atomic E-state index is -0.262. The number of furan rings is 1. The van der Waals surface area contributed by atoms with Crippen molar-refractivity contribution in [2.24, 2.45) is 0 Å². The first-order valence-corrected chi connectivity index (χ1v) is 8.67. The molecule has 3 aromatic rings. The maximum Gasteiger partial charge on any atom is 0.258 e. The van der Waals surface area contributed by atoms with Crippen LogP contribution in [0.4, 0.5) is 0 Å². The van der Waals surface area contributed by atoms with Crippen LogP contribution in [0.15, 0.2) is 52.9 Å². The highest BCUT2D eigenvalue weighted by Gasteiger charge is 2.23. The smallest absolute Gasteiger partial charge is 0.258 e. The van der Waals surface area contributed by atoms with E-state index in [-0.39, 0.29) is 24.3 Å². The van der Waals surface area contributed by atoms with Crippen LogP contribution in [0.1, 0.15) is 41.1 Å². The topological polar surface area (TPSA) is 68.5 Å². The molecular weight excluding hydrogens is 330 g/mol. The van der Waals surface area contributed by atoms with Crippen LogP contribution >= 0.6 is 0 Å². The van der Waals surface area contributed by atoms with Gasteiger partial charge in [0.25, 0.3) is 5.91 Å². The van der Waals surface area contributed by atoms with Crippen molar-refractivity contribution >= 4 is 22.7 Å². The number of carbonyl (C=O) groups is 2. The summed E-state index contributed by atoms with van der Waals surface area (Å²) >= 11 is 0. The molecule has 0 bridgehead atoms. The number of hydrogen-bond donors (Lipinski definition) is 1. The average molecular weight is 349 g/mol. The lowest BCUT2D eigenvalue weighted by Gasteiger charge is -2.13. The maximum absolute atomic E-state index is 12.2. The molecule has 1 N–H and O–H groups in total. The molecule has 1 aromatic heterocycles. The van der Waals surface area contributed by atoms with E-state index in [4.69, 9.17) is 9.15 Å². The fourth-order valence-electron chi connectivity index (χ4n) is 3.31. The van der Waals surface area contributed by atoms with Crippen LogP contribution in [-0.4, -0.2) is 18.3 Å². The van der Waals surface area contributed by atoms with E-state index in [1.165, 1.54) is 0 Å². The van der Waals surface area contributed by atoms with Crippen molar-refractivity contribution in [3.8, 4) is 5.75 Å². The first kappa shape index (κ1) is 16.4. The summed E-state index contributed by atoms with van der Waals surface area (Å²) in [6.45, 7) is 1.77. The van der Waals surface area contributed by atoms with Gasteiger partial charge in [0.2, 0.25) is 0 Å². The summed E-state index contributed by atoms with van der Waals surface area (Å²) in [5.74, 6) is 1.21. The highest BCUT2D eigenvalue weighted by Crippen LogP contribution is 2.30. The minimum Gasteiger partial charge on any atom is -0.483 e. The summed E-state index contributed by atoms with van der Waals surface area (Å²) in [5.41, 5.74) is 2.40. The molecule has 0 fully saturated rings. The second-order valence-electron chi connectivity index (χ2n) is 6.47. The van der Waals surface area contributed by atoms with Crippen LogP contribution in [0.3, 0.4) is 0 Å². The molecule has 26 heavy (non-hydrogen) atoms. The van der Waals surface area contributed by atoms with Gasteiger partial charge in [0.15, 0.2) is 12.4 Å². The van der Waals surface area contributed by atoms with Crippen LogP contribution < -0.4 is 10.1 Å². The van der Waals surface area contributed by atoms with E-state index in [0.29, 0.717) is 29.9 Å². The molecule has 132 valence electrons. The van der Waals surface area contributed by atoms with Crippen LogP contribution in [0.5, 0.6) is 5.75 Å². The predicted molar refractivity (Wildman–Crippen MR) is 97.4 cm³/mol. The lowest BCUT2D eigenvalue weighted by atomic mass is 10.1. The van der Waals surface area contributed by atoms with Gasteiger partial charge in [-0.05, 0) is 31.5 Å². The van der Waals surface area contributed by atoms with Crippen molar-refractivity contribution < 1.29 is 18.7 Å². The van der Waals surface area contributed by atoms with E-state index in [9.17, 15) is 9.59 Å². The van der Waals surface area contributed by atoms with Gasteiger partial charge in [0.1, 0.15) is 17.1 Å². The van der Waals surface area contributed by atoms with Crippen LogP contribution in [0.2, 0.25) is 0 Å². The second-order valence-corrected chi connectivity index (χ2v) is 6.47. The summed E-state index contributed by atoms with van der Waals surface area (Å²) < 4.78 is 11.4. The van der Waals surface area contributed by atoms with E-state index in [1.54, 1.807) is 18.2 Å². The Kier molecular flexibility index (Phi) is 4.21. The van der Waals surface area contributed by atoms with Crippen molar-refractivity contribution in [3.05, 3.63) is 65.4 Å². The number of carbonyl (C=O) groups excluding carboxylic acids is 2. The first-order chi connectivity index (χ1) is 12.6. The minimum absolute atomic E-state index is 0.102. The van der Waals surface area contributed by atoms with Crippen molar-refractivity contribution in [2.75, 3.05) is 6.61 Å². The zero-order valence-electron chi connectivity index (χ0n) is 14.5. The number of para-hydroxylation sites is 1. The molecule has 0 radical (unpaired) electrons. The van der Waals surface area contributed by atoms with E-state index >= 15 is 0 Å². The third-order valence-corrected chi connectivity index (χ3v) is 4.64. The molecule has 1 aliphatic rings. The number of fused-ring (bicyclic) bond motifs is 2. The molecular formula is C21H19NO4. The molecule has 5 nitrogen and oxygen atoms in total. The van der Waals surface area contributed by atoms with Gasteiger partial charge in [-0.2, -0.15) is 0 Å². The molecule has 0 saturated heterocycles. The highest BCUT2D eigenvalue weighted by molar-refractivity contribution is 6.01. The zero-order chi connectivity index (χ0) is 18.1. The summed E-state index contributed by atoms with van der Waals surface area (Å²) in [4.78, 5) is 24.0. The third kappa shape index (κ3) is 3.08. The Morgan fingerprint density at radius 1 is 1.19 bits per heavy atom. The number of Topliss-reactive ketones (excluding diaryl/α,β-unsaturated/α-hetero) is 1. The summed E-state index contributed by atoms with van der Waals surface area (Å²) in [5, 5.41) is 3.88. The molecule has 1 amide bonds. The van der Waals surface area contributed by atoms with Gasteiger partial charge in [-0.1, -0.05) is 30.3 Å². The van der Waals surface area contributed by atoms with E-state index in [1.807, 2.05) is 37.3 Å². The van der Waals surface area contributed by atoms with E-state index < -0.39 is 0 Å². The number of hydrogen-bond acceptors (Lipinski definition) is 4. The number of amides is 1. The van der Waals surface area contributed by atoms with Crippen LogP contribution in [0.25, 0.3) is 11.0 Å². The molecule has 0 aliphatic heterocycles. The standard InChI is InChI=1S/C21H19NO4/c1-13(20-11-14-5-2-3-7-18(14)26-20)22-21(24)12-25-19-8-4-6-15-16(19)9-10-17(15)23/h2-8,11,13H,9-10,12H2,1H3,(H,22,24)/t13-/m1/s1. The van der Waals surface area contributed by atoms with Crippen LogP contribution in [-0.2, 0) is 11.2 Å². The number of nitrogens with one attached hydrogen (secondary N) is 1. The largest absolute Gasteiger partial charge is 0.483 e. The van der Waals surface area contributed by atoms with E-state index in [0.717, 1.165) is 16.5 Å². The molecule has 0 saturated carbocycles. The average Bonchev–Trinajstić information content (AvgIpc) is 3.24. The van der Waals surface area contributed by atoms with Crippen molar-refractivity contribution in [1.82, 2.24) is 5.32 Å². The quantitative estimate of drug-likeness (QED) is 0.760. The monoisotopic (exact) mass is 349 g/mol. The zero-order valence-corrected chi connectivity index (χ0v) is 14.5. The Hall–Kier alpha value is -3.08. The summed E-state index contributed by atoms with van der Waals surface area (Å²) in [6, 6.07) is 14.8. The van der Waals surface area contributed by atoms with Gasteiger partial charge in [0, 0.05) is 22.9 Å². The molecule has 2 aromatic carbocycles. The summed E-state index contributed by atoms with van der Waals surface area (Å²) in [6.07, 6.45) is 1.17. The first-order valence-electron chi connectivity index (χ1n) is 8.67. The van der Waals surface area contributed by atoms with Gasteiger partial charge in [-0.15, -0.1) is 0 Å². The fraction of sp³-hybridized carbons (Fsp3) is 0.238. The normalized spacial score (nSPS) is 14.3. The van der Waals surface area contributed by atoms with Crippen molar-refractivity contribution in [1.29, 1.82) is 0 Å². The lowest BCUT2D eigenvalue weighted by molar-refractivity contribution is -0.123. The maximum atomic E-state index is 12.2. The number of ketones is 1. The van der Waals surface area contributed by atoms with Crippen molar-refractivity contribution in [3.63, 3.8) is 0 Å². The highest BCUT2D eigenvalue weighted by atomic mass is 16.5.